The van der Waals surface area contributed by atoms with Crippen molar-refractivity contribution in [2.75, 3.05) is 7.11 Å². The summed E-state index contributed by atoms with van der Waals surface area (Å²) in [6.07, 6.45) is -0.0854. The Hall–Kier alpha value is -1.51. The van der Waals surface area contributed by atoms with Crippen molar-refractivity contribution < 1.29 is 9.84 Å². The monoisotopic (exact) mass is 276 g/mol. The molecule has 0 aliphatic heterocycles. The summed E-state index contributed by atoms with van der Waals surface area (Å²) >= 11 is 6.02. The number of rotatable bonds is 4. The summed E-state index contributed by atoms with van der Waals surface area (Å²) in [7, 11) is 1.63. The SMILES string of the molecule is COc1ccccc1CC(O)c1cc(C)cc(Cl)c1. The van der Waals surface area contributed by atoms with Gasteiger partial charge in [0, 0.05) is 11.4 Å². The van der Waals surface area contributed by atoms with Crippen LogP contribution in [0.3, 0.4) is 0 Å². The van der Waals surface area contributed by atoms with Gasteiger partial charge in [-0.25, -0.2) is 0 Å². The predicted octanol–water partition coefficient (Wildman–Crippen LogP) is 3.93. The highest BCUT2D eigenvalue weighted by Gasteiger charge is 2.12. The molecule has 0 aromatic heterocycles. The Morgan fingerprint density at radius 1 is 1.21 bits per heavy atom. The van der Waals surface area contributed by atoms with Gasteiger partial charge in [0.1, 0.15) is 5.75 Å². The maximum Gasteiger partial charge on any atom is 0.122 e. The highest BCUT2D eigenvalue weighted by molar-refractivity contribution is 6.30. The van der Waals surface area contributed by atoms with E-state index in [1.165, 1.54) is 0 Å². The lowest BCUT2D eigenvalue weighted by Crippen LogP contribution is -2.03. The van der Waals surface area contributed by atoms with E-state index < -0.39 is 6.10 Å². The number of para-hydroxylation sites is 1. The maximum absolute atomic E-state index is 10.3. The molecular formula is C16H17ClO2. The standard InChI is InChI=1S/C16H17ClO2/c1-11-7-13(9-14(17)8-11)15(18)10-12-5-3-4-6-16(12)19-2/h3-9,15,18H,10H2,1-2H3. The van der Waals surface area contributed by atoms with Crippen LogP contribution in [0.5, 0.6) is 5.75 Å². The molecule has 0 saturated heterocycles. The Balaban J connectivity index is 2.22. The molecule has 0 fully saturated rings. The molecule has 0 heterocycles. The third-order valence-electron chi connectivity index (χ3n) is 3.06. The van der Waals surface area contributed by atoms with E-state index in [2.05, 4.69) is 0 Å². The summed E-state index contributed by atoms with van der Waals surface area (Å²) in [5, 5.41) is 11.0. The Morgan fingerprint density at radius 3 is 2.63 bits per heavy atom. The zero-order chi connectivity index (χ0) is 13.8. The molecule has 0 amide bonds. The van der Waals surface area contributed by atoms with Crippen LogP contribution in [-0.4, -0.2) is 12.2 Å². The Morgan fingerprint density at radius 2 is 1.95 bits per heavy atom. The van der Waals surface area contributed by atoms with Crippen LogP contribution in [0.4, 0.5) is 0 Å². The van der Waals surface area contributed by atoms with Gasteiger partial charge in [0.2, 0.25) is 0 Å². The number of benzene rings is 2. The van der Waals surface area contributed by atoms with Crippen LogP contribution in [0.25, 0.3) is 0 Å². The molecule has 1 unspecified atom stereocenters. The Bertz CT molecular complexity index is 546. The molecule has 0 aliphatic rings. The van der Waals surface area contributed by atoms with Crippen molar-refractivity contribution in [2.45, 2.75) is 19.4 Å². The Kier molecular flexibility index (Phi) is 4.46. The summed E-state index contributed by atoms with van der Waals surface area (Å²) in [6, 6.07) is 13.3. The predicted molar refractivity (Wildman–Crippen MR) is 77.8 cm³/mol. The van der Waals surface area contributed by atoms with E-state index in [0.29, 0.717) is 11.4 Å². The molecule has 2 rings (SSSR count). The number of ether oxygens (including phenoxy) is 1. The van der Waals surface area contributed by atoms with Crippen molar-refractivity contribution in [3.05, 3.63) is 64.2 Å². The third-order valence-corrected chi connectivity index (χ3v) is 3.27. The molecule has 0 saturated carbocycles. The van der Waals surface area contributed by atoms with Crippen LogP contribution >= 0.6 is 11.6 Å². The van der Waals surface area contributed by atoms with Gasteiger partial charge in [-0.05, 0) is 41.8 Å². The molecule has 1 N–H and O–H groups in total. The fourth-order valence-corrected chi connectivity index (χ4v) is 2.45. The molecule has 0 bridgehead atoms. The van der Waals surface area contributed by atoms with E-state index in [-0.39, 0.29) is 0 Å². The molecular weight excluding hydrogens is 260 g/mol. The number of methoxy groups -OCH3 is 1. The molecule has 2 aromatic carbocycles. The minimum atomic E-state index is -0.589. The average Bonchev–Trinajstić information content (AvgIpc) is 2.38. The fraction of sp³-hybridized carbons (Fsp3) is 0.250. The largest absolute Gasteiger partial charge is 0.496 e. The molecule has 0 spiro atoms. The lowest BCUT2D eigenvalue weighted by molar-refractivity contribution is 0.177. The summed E-state index contributed by atoms with van der Waals surface area (Å²) < 4.78 is 5.29. The molecule has 1 atom stereocenters. The number of aryl methyl sites for hydroxylation is 1. The van der Waals surface area contributed by atoms with Crippen LogP contribution < -0.4 is 4.74 Å². The molecule has 0 radical (unpaired) electrons. The highest BCUT2D eigenvalue weighted by Crippen LogP contribution is 2.27. The number of aliphatic hydroxyl groups excluding tert-OH is 1. The normalized spacial score (nSPS) is 12.2. The van der Waals surface area contributed by atoms with Crippen LogP contribution in [0.1, 0.15) is 22.8 Å². The number of aliphatic hydroxyl groups is 1. The van der Waals surface area contributed by atoms with Crippen molar-refractivity contribution >= 4 is 11.6 Å². The van der Waals surface area contributed by atoms with Crippen molar-refractivity contribution in [2.24, 2.45) is 0 Å². The quantitative estimate of drug-likeness (QED) is 0.917. The summed E-state index contributed by atoms with van der Waals surface area (Å²) in [5.74, 6) is 0.792. The van der Waals surface area contributed by atoms with Gasteiger partial charge in [-0.1, -0.05) is 35.9 Å². The van der Waals surface area contributed by atoms with E-state index in [1.807, 2.05) is 43.3 Å². The minimum absolute atomic E-state index is 0.504. The first-order valence-corrected chi connectivity index (χ1v) is 6.55. The third kappa shape index (κ3) is 3.49. The molecule has 2 nitrogen and oxygen atoms in total. The Labute approximate surface area is 118 Å². The van der Waals surface area contributed by atoms with E-state index in [9.17, 15) is 5.11 Å². The van der Waals surface area contributed by atoms with Gasteiger partial charge in [0.15, 0.2) is 0 Å². The van der Waals surface area contributed by atoms with Gasteiger partial charge in [0.05, 0.1) is 13.2 Å². The van der Waals surface area contributed by atoms with E-state index in [0.717, 1.165) is 22.4 Å². The number of hydrogen-bond acceptors (Lipinski definition) is 2. The van der Waals surface area contributed by atoms with E-state index in [1.54, 1.807) is 13.2 Å². The smallest absolute Gasteiger partial charge is 0.122 e. The fourth-order valence-electron chi connectivity index (χ4n) is 2.15. The van der Waals surface area contributed by atoms with Crippen molar-refractivity contribution in [1.82, 2.24) is 0 Å². The minimum Gasteiger partial charge on any atom is -0.496 e. The number of hydrogen-bond donors (Lipinski definition) is 1. The van der Waals surface area contributed by atoms with Gasteiger partial charge in [0.25, 0.3) is 0 Å². The van der Waals surface area contributed by atoms with Gasteiger partial charge in [-0.2, -0.15) is 0 Å². The van der Waals surface area contributed by atoms with E-state index in [4.69, 9.17) is 16.3 Å². The van der Waals surface area contributed by atoms with E-state index >= 15 is 0 Å². The molecule has 0 aliphatic carbocycles. The molecule has 100 valence electrons. The van der Waals surface area contributed by atoms with Crippen molar-refractivity contribution in [3.8, 4) is 5.75 Å². The average molecular weight is 277 g/mol. The van der Waals surface area contributed by atoms with Gasteiger partial charge in [-0.15, -0.1) is 0 Å². The van der Waals surface area contributed by atoms with Gasteiger partial charge >= 0.3 is 0 Å². The first kappa shape index (κ1) is 13.9. The zero-order valence-electron chi connectivity index (χ0n) is 11.1. The molecule has 3 heteroatoms. The van der Waals surface area contributed by atoms with Gasteiger partial charge in [-0.3, -0.25) is 0 Å². The van der Waals surface area contributed by atoms with Crippen LogP contribution in [0.2, 0.25) is 5.02 Å². The van der Waals surface area contributed by atoms with Crippen molar-refractivity contribution in [1.29, 1.82) is 0 Å². The summed E-state index contributed by atoms with van der Waals surface area (Å²) in [4.78, 5) is 0. The number of halogens is 1. The highest BCUT2D eigenvalue weighted by atomic mass is 35.5. The van der Waals surface area contributed by atoms with Crippen LogP contribution in [-0.2, 0) is 6.42 Å². The first-order chi connectivity index (χ1) is 9.10. The lowest BCUT2D eigenvalue weighted by atomic mass is 9.99. The topological polar surface area (TPSA) is 29.5 Å². The van der Waals surface area contributed by atoms with Crippen LogP contribution in [0, 0.1) is 6.92 Å². The first-order valence-electron chi connectivity index (χ1n) is 6.17. The second kappa shape index (κ2) is 6.09. The summed E-state index contributed by atoms with van der Waals surface area (Å²) in [5.41, 5.74) is 2.85. The molecule has 2 aromatic rings. The molecule has 19 heavy (non-hydrogen) atoms. The van der Waals surface area contributed by atoms with Crippen molar-refractivity contribution in [3.63, 3.8) is 0 Å². The lowest BCUT2D eigenvalue weighted by Gasteiger charge is -2.14. The van der Waals surface area contributed by atoms with Gasteiger partial charge < -0.3 is 9.84 Å². The van der Waals surface area contributed by atoms with Crippen LogP contribution in [0.15, 0.2) is 42.5 Å². The summed E-state index contributed by atoms with van der Waals surface area (Å²) in [6.45, 7) is 1.96. The zero-order valence-corrected chi connectivity index (χ0v) is 11.8. The maximum atomic E-state index is 10.3. The second-order valence-corrected chi connectivity index (χ2v) is 5.03. The second-order valence-electron chi connectivity index (χ2n) is 4.59.